The van der Waals surface area contributed by atoms with Gasteiger partial charge in [-0.25, -0.2) is 16.8 Å². The maximum atomic E-state index is 13.0. The highest BCUT2D eigenvalue weighted by Gasteiger charge is 2.28. The lowest BCUT2D eigenvalue weighted by Gasteiger charge is -2.27. The van der Waals surface area contributed by atoms with Crippen LogP contribution in [-0.4, -0.2) is 54.1 Å². The van der Waals surface area contributed by atoms with Crippen molar-refractivity contribution in [3.8, 4) is 5.75 Å². The van der Waals surface area contributed by atoms with Gasteiger partial charge in [0.15, 0.2) is 0 Å². The third-order valence-electron chi connectivity index (χ3n) is 4.52. The largest absolute Gasteiger partial charge is 0.492 e. The molecule has 0 atom stereocenters. The number of morpholine rings is 1. The Hall–Kier alpha value is -1.66. The molecule has 0 aromatic heterocycles. The molecule has 11 heteroatoms. The third kappa shape index (κ3) is 4.97. The fraction of sp³-hybridized carbons (Fsp3) is 0.368. The molecule has 1 fully saturated rings. The molecule has 3 rings (SSSR count). The van der Waals surface area contributed by atoms with Crippen molar-refractivity contribution in [1.29, 1.82) is 0 Å². The summed E-state index contributed by atoms with van der Waals surface area (Å²) in [5.74, 6) is 0.210. The molecule has 2 aromatic rings. The van der Waals surface area contributed by atoms with Crippen LogP contribution in [0.2, 0.25) is 0 Å². The Kier molecular flexibility index (Phi) is 7.08. The van der Waals surface area contributed by atoms with Gasteiger partial charge >= 0.3 is 0 Å². The Labute approximate surface area is 185 Å². The quantitative estimate of drug-likeness (QED) is 0.604. The molecule has 1 N–H and O–H groups in total. The molecule has 1 aliphatic rings. The highest BCUT2D eigenvalue weighted by Crippen LogP contribution is 2.31. The van der Waals surface area contributed by atoms with E-state index < -0.39 is 20.0 Å². The average molecular weight is 519 g/mol. The van der Waals surface area contributed by atoms with Gasteiger partial charge in [0.2, 0.25) is 10.0 Å². The molecule has 164 valence electrons. The number of nitrogens with one attached hydrogen (secondary N) is 1. The van der Waals surface area contributed by atoms with Gasteiger partial charge in [0.25, 0.3) is 10.0 Å². The number of rotatable bonds is 7. The fourth-order valence-electron chi connectivity index (χ4n) is 3.04. The minimum atomic E-state index is -4.02. The number of halogens is 1. The Morgan fingerprint density at radius 1 is 1.07 bits per heavy atom. The van der Waals surface area contributed by atoms with Crippen LogP contribution >= 0.6 is 15.9 Å². The summed E-state index contributed by atoms with van der Waals surface area (Å²) in [6.07, 6.45) is 0. The molecule has 1 aliphatic heterocycles. The zero-order chi connectivity index (χ0) is 21.9. The highest BCUT2D eigenvalue weighted by atomic mass is 79.9. The van der Waals surface area contributed by atoms with E-state index in [1.807, 2.05) is 0 Å². The summed E-state index contributed by atoms with van der Waals surface area (Å²) in [4.78, 5) is 0.0146. The Bertz CT molecular complexity index is 1130. The van der Waals surface area contributed by atoms with Crippen molar-refractivity contribution in [3.05, 3.63) is 46.4 Å². The molecule has 0 spiro atoms. The summed E-state index contributed by atoms with van der Waals surface area (Å²) in [5.41, 5.74) is 0.678. The van der Waals surface area contributed by atoms with Crippen LogP contribution in [0.15, 0.2) is 50.7 Å². The number of hydrogen-bond acceptors (Lipinski definition) is 6. The predicted octanol–water partition coefficient (Wildman–Crippen LogP) is 2.98. The minimum absolute atomic E-state index is 0.0445. The molecule has 0 aliphatic carbocycles. The molecule has 30 heavy (non-hydrogen) atoms. The maximum Gasteiger partial charge on any atom is 0.265 e. The molecule has 1 saturated heterocycles. The van der Waals surface area contributed by atoms with Gasteiger partial charge in [-0.2, -0.15) is 4.31 Å². The van der Waals surface area contributed by atoms with E-state index in [0.717, 1.165) is 0 Å². The van der Waals surface area contributed by atoms with Gasteiger partial charge in [0, 0.05) is 17.6 Å². The standard InChI is InChI=1S/C19H23BrN2O6S2/c1-3-28-17-7-5-15(20)12-19(17)29(23,24)21-16-6-4-14(2)18(13-16)30(25,26)22-8-10-27-11-9-22/h4-7,12-13,21H,3,8-11H2,1-2H3. The first-order valence-corrected chi connectivity index (χ1v) is 13.0. The number of anilines is 1. The van der Waals surface area contributed by atoms with E-state index in [1.165, 1.54) is 22.5 Å². The van der Waals surface area contributed by atoms with Gasteiger partial charge in [0.05, 0.1) is 30.4 Å². The average Bonchev–Trinajstić information content (AvgIpc) is 2.71. The van der Waals surface area contributed by atoms with Crippen LogP contribution in [-0.2, 0) is 24.8 Å². The molecule has 1 heterocycles. The van der Waals surface area contributed by atoms with Crippen LogP contribution in [0.4, 0.5) is 5.69 Å². The zero-order valence-electron chi connectivity index (χ0n) is 16.6. The number of hydrogen-bond donors (Lipinski definition) is 1. The second-order valence-corrected chi connectivity index (χ2v) is 11.1. The summed E-state index contributed by atoms with van der Waals surface area (Å²) in [6, 6.07) is 9.14. The van der Waals surface area contributed by atoms with Gasteiger partial charge in [-0.15, -0.1) is 0 Å². The van der Waals surface area contributed by atoms with Gasteiger partial charge in [-0.3, -0.25) is 4.72 Å². The molecule has 8 nitrogen and oxygen atoms in total. The van der Waals surface area contributed by atoms with Gasteiger partial charge < -0.3 is 9.47 Å². The number of sulfonamides is 2. The van der Waals surface area contributed by atoms with E-state index in [-0.39, 0.29) is 34.3 Å². The molecule has 0 bridgehead atoms. The smallest absolute Gasteiger partial charge is 0.265 e. The number of benzene rings is 2. The second kappa shape index (κ2) is 9.23. The van der Waals surface area contributed by atoms with Crippen molar-refractivity contribution in [2.75, 3.05) is 37.6 Å². The van der Waals surface area contributed by atoms with E-state index in [9.17, 15) is 16.8 Å². The van der Waals surface area contributed by atoms with Crippen molar-refractivity contribution in [2.24, 2.45) is 0 Å². The van der Waals surface area contributed by atoms with Crippen LogP contribution in [0.5, 0.6) is 5.75 Å². The van der Waals surface area contributed by atoms with E-state index in [1.54, 1.807) is 32.0 Å². The second-order valence-electron chi connectivity index (χ2n) is 6.63. The molecule has 0 radical (unpaired) electrons. The zero-order valence-corrected chi connectivity index (χ0v) is 19.8. The van der Waals surface area contributed by atoms with Crippen LogP contribution < -0.4 is 9.46 Å². The Morgan fingerprint density at radius 3 is 2.43 bits per heavy atom. The first-order chi connectivity index (χ1) is 14.1. The van der Waals surface area contributed by atoms with E-state index in [4.69, 9.17) is 9.47 Å². The highest BCUT2D eigenvalue weighted by molar-refractivity contribution is 9.10. The lowest BCUT2D eigenvalue weighted by molar-refractivity contribution is 0.0730. The molecule has 2 aromatic carbocycles. The summed E-state index contributed by atoms with van der Waals surface area (Å²) in [7, 11) is -7.79. The summed E-state index contributed by atoms with van der Waals surface area (Å²) in [6.45, 7) is 4.90. The van der Waals surface area contributed by atoms with Crippen molar-refractivity contribution in [3.63, 3.8) is 0 Å². The van der Waals surface area contributed by atoms with Crippen LogP contribution in [0.25, 0.3) is 0 Å². The fourth-order valence-corrected chi connectivity index (χ4v) is 6.44. The van der Waals surface area contributed by atoms with Crippen molar-refractivity contribution >= 4 is 41.7 Å². The van der Waals surface area contributed by atoms with Crippen molar-refractivity contribution in [1.82, 2.24) is 4.31 Å². The topological polar surface area (TPSA) is 102 Å². The molecule has 0 unspecified atom stereocenters. The summed E-state index contributed by atoms with van der Waals surface area (Å²) < 4.78 is 67.2. The number of aryl methyl sites for hydroxylation is 1. The maximum absolute atomic E-state index is 13.0. The molecule has 0 amide bonds. The van der Waals surface area contributed by atoms with E-state index in [2.05, 4.69) is 20.7 Å². The number of ether oxygens (including phenoxy) is 2. The SMILES string of the molecule is CCOc1ccc(Br)cc1S(=O)(=O)Nc1ccc(C)c(S(=O)(=O)N2CCOCC2)c1. The lowest BCUT2D eigenvalue weighted by atomic mass is 10.2. The number of nitrogens with zero attached hydrogens (tertiary/aromatic N) is 1. The van der Waals surface area contributed by atoms with Gasteiger partial charge in [-0.05, 0) is 49.7 Å². The van der Waals surface area contributed by atoms with E-state index in [0.29, 0.717) is 29.9 Å². The summed E-state index contributed by atoms with van der Waals surface area (Å²) >= 11 is 3.27. The van der Waals surface area contributed by atoms with Crippen LogP contribution in [0.3, 0.4) is 0 Å². The molecule has 0 saturated carbocycles. The van der Waals surface area contributed by atoms with Crippen molar-refractivity contribution < 1.29 is 26.3 Å². The monoisotopic (exact) mass is 518 g/mol. The van der Waals surface area contributed by atoms with Gasteiger partial charge in [0.1, 0.15) is 10.6 Å². The van der Waals surface area contributed by atoms with Crippen molar-refractivity contribution in [2.45, 2.75) is 23.6 Å². The Morgan fingerprint density at radius 2 is 1.77 bits per heavy atom. The van der Waals surface area contributed by atoms with Crippen LogP contribution in [0, 0.1) is 6.92 Å². The normalized spacial score (nSPS) is 15.7. The lowest BCUT2D eigenvalue weighted by Crippen LogP contribution is -2.40. The first-order valence-electron chi connectivity index (χ1n) is 9.29. The van der Waals surface area contributed by atoms with E-state index >= 15 is 0 Å². The van der Waals surface area contributed by atoms with Crippen LogP contribution in [0.1, 0.15) is 12.5 Å². The molecular formula is C19H23BrN2O6S2. The third-order valence-corrected chi connectivity index (χ3v) is 8.46. The Balaban J connectivity index is 1.96. The van der Waals surface area contributed by atoms with Gasteiger partial charge in [-0.1, -0.05) is 22.0 Å². The first kappa shape index (κ1) is 23.0. The molecular weight excluding hydrogens is 496 g/mol. The minimum Gasteiger partial charge on any atom is -0.492 e. The summed E-state index contributed by atoms with van der Waals surface area (Å²) in [5, 5.41) is 0. The predicted molar refractivity (Wildman–Crippen MR) is 117 cm³/mol.